The molecule has 1 heterocycles. The highest BCUT2D eigenvalue weighted by Gasteiger charge is 2.13. The van der Waals surface area contributed by atoms with Crippen molar-refractivity contribution in [3.05, 3.63) is 64.9 Å². The number of rotatable bonds is 5. The molecule has 0 bridgehead atoms. The van der Waals surface area contributed by atoms with Gasteiger partial charge in [0.25, 0.3) is 0 Å². The molecule has 0 aliphatic heterocycles. The van der Waals surface area contributed by atoms with Gasteiger partial charge in [-0.3, -0.25) is 4.98 Å². The summed E-state index contributed by atoms with van der Waals surface area (Å²) in [5.74, 6) is 0. The Morgan fingerprint density at radius 3 is 2.26 bits per heavy atom. The first-order valence-electron chi connectivity index (χ1n) is 6.62. The predicted molar refractivity (Wildman–Crippen MR) is 80.3 cm³/mol. The van der Waals surface area contributed by atoms with Gasteiger partial charge >= 0.3 is 0 Å². The predicted octanol–water partition coefficient (Wildman–Crippen LogP) is 4.54. The first kappa shape index (κ1) is 14.0. The van der Waals surface area contributed by atoms with Crippen LogP contribution < -0.4 is 5.32 Å². The molecule has 0 radical (unpaired) electrons. The van der Waals surface area contributed by atoms with Crippen LogP contribution in [0.4, 0.5) is 0 Å². The summed E-state index contributed by atoms with van der Waals surface area (Å²) in [7, 11) is 0. The average Bonchev–Trinajstić information content (AvgIpc) is 2.46. The van der Waals surface area contributed by atoms with Gasteiger partial charge in [-0.1, -0.05) is 30.7 Å². The maximum absolute atomic E-state index is 5.93. The van der Waals surface area contributed by atoms with Gasteiger partial charge in [-0.25, -0.2) is 0 Å². The van der Waals surface area contributed by atoms with Crippen LogP contribution in [0.1, 0.15) is 43.5 Å². The van der Waals surface area contributed by atoms with Gasteiger partial charge in [0.1, 0.15) is 0 Å². The molecular formula is C16H19ClN2. The van der Waals surface area contributed by atoms with Crippen molar-refractivity contribution in [3.63, 3.8) is 0 Å². The third-order valence-corrected chi connectivity index (χ3v) is 3.59. The molecule has 2 atom stereocenters. The third kappa shape index (κ3) is 3.79. The van der Waals surface area contributed by atoms with Gasteiger partial charge in [-0.2, -0.15) is 0 Å². The molecule has 1 aromatic carbocycles. The van der Waals surface area contributed by atoms with Crippen molar-refractivity contribution < 1.29 is 0 Å². The Morgan fingerprint density at radius 1 is 1.05 bits per heavy atom. The monoisotopic (exact) mass is 274 g/mol. The lowest BCUT2D eigenvalue weighted by molar-refractivity contribution is 0.456. The lowest BCUT2D eigenvalue weighted by atomic mass is 10.0. The Hall–Kier alpha value is -1.38. The number of halogens is 1. The van der Waals surface area contributed by atoms with E-state index in [0.29, 0.717) is 12.1 Å². The number of nitrogens with zero attached hydrogens (tertiary/aromatic N) is 1. The molecule has 2 nitrogen and oxygen atoms in total. The average molecular weight is 275 g/mol. The summed E-state index contributed by atoms with van der Waals surface area (Å²) < 4.78 is 0. The first-order chi connectivity index (χ1) is 9.20. The zero-order chi connectivity index (χ0) is 13.7. The van der Waals surface area contributed by atoms with Crippen molar-refractivity contribution in [1.29, 1.82) is 0 Å². The summed E-state index contributed by atoms with van der Waals surface area (Å²) in [6.45, 7) is 4.36. The van der Waals surface area contributed by atoms with Crippen LogP contribution in [0.25, 0.3) is 0 Å². The molecule has 0 saturated carbocycles. The van der Waals surface area contributed by atoms with Crippen LogP contribution in [-0.2, 0) is 0 Å². The zero-order valence-corrected chi connectivity index (χ0v) is 12.1. The van der Waals surface area contributed by atoms with Gasteiger partial charge in [0.2, 0.25) is 0 Å². The SMILES string of the molecule is CCC(N[C@@H](C)c1ccncc1)c1ccc(Cl)cc1. The van der Waals surface area contributed by atoms with E-state index in [1.807, 2.05) is 36.7 Å². The van der Waals surface area contributed by atoms with E-state index in [4.69, 9.17) is 11.6 Å². The molecule has 1 N–H and O–H groups in total. The van der Waals surface area contributed by atoms with Gasteiger partial charge in [0.15, 0.2) is 0 Å². The molecule has 0 spiro atoms. The summed E-state index contributed by atoms with van der Waals surface area (Å²) in [5, 5.41) is 4.43. The molecule has 0 fully saturated rings. The Kier molecular flexibility index (Phi) is 4.94. The summed E-state index contributed by atoms with van der Waals surface area (Å²) >= 11 is 5.93. The lowest BCUT2D eigenvalue weighted by Gasteiger charge is -2.23. The smallest absolute Gasteiger partial charge is 0.0406 e. The van der Waals surface area contributed by atoms with Crippen LogP contribution in [-0.4, -0.2) is 4.98 Å². The second kappa shape index (κ2) is 6.69. The molecule has 2 aromatic rings. The minimum Gasteiger partial charge on any atom is -0.303 e. The van der Waals surface area contributed by atoms with Crippen molar-refractivity contribution in [2.24, 2.45) is 0 Å². The van der Waals surface area contributed by atoms with Gasteiger partial charge < -0.3 is 5.32 Å². The van der Waals surface area contributed by atoms with Crippen molar-refractivity contribution in [2.75, 3.05) is 0 Å². The number of hydrogen-bond donors (Lipinski definition) is 1. The Labute approximate surface area is 119 Å². The fourth-order valence-electron chi connectivity index (χ4n) is 2.19. The number of hydrogen-bond acceptors (Lipinski definition) is 2. The van der Waals surface area contributed by atoms with Crippen LogP contribution in [0.2, 0.25) is 5.02 Å². The van der Waals surface area contributed by atoms with E-state index in [1.54, 1.807) is 0 Å². The Balaban J connectivity index is 2.09. The van der Waals surface area contributed by atoms with Gasteiger partial charge in [-0.05, 0) is 48.7 Å². The molecule has 1 unspecified atom stereocenters. The van der Waals surface area contributed by atoms with Crippen LogP contribution >= 0.6 is 11.6 Å². The largest absolute Gasteiger partial charge is 0.303 e. The zero-order valence-electron chi connectivity index (χ0n) is 11.3. The molecule has 100 valence electrons. The Morgan fingerprint density at radius 2 is 1.68 bits per heavy atom. The normalized spacial score (nSPS) is 14.1. The van der Waals surface area contributed by atoms with Gasteiger partial charge in [0, 0.05) is 29.5 Å². The second-order valence-electron chi connectivity index (χ2n) is 4.68. The van der Waals surface area contributed by atoms with Crippen LogP contribution in [0.15, 0.2) is 48.8 Å². The van der Waals surface area contributed by atoms with Gasteiger partial charge in [0.05, 0.1) is 0 Å². The number of benzene rings is 1. The number of pyridine rings is 1. The van der Waals surface area contributed by atoms with E-state index in [0.717, 1.165) is 11.4 Å². The van der Waals surface area contributed by atoms with Gasteiger partial charge in [-0.15, -0.1) is 0 Å². The van der Waals surface area contributed by atoms with E-state index in [2.05, 4.69) is 36.3 Å². The van der Waals surface area contributed by atoms with Crippen LogP contribution in [0, 0.1) is 0 Å². The highest BCUT2D eigenvalue weighted by molar-refractivity contribution is 6.30. The van der Waals surface area contributed by atoms with E-state index in [9.17, 15) is 0 Å². The molecule has 3 heteroatoms. The van der Waals surface area contributed by atoms with E-state index in [-0.39, 0.29) is 0 Å². The number of aromatic nitrogens is 1. The molecule has 0 amide bonds. The van der Waals surface area contributed by atoms with Crippen LogP contribution in [0.3, 0.4) is 0 Å². The molecule has 2 rings (SSSR count). The fourth-order valence-corrected chi connectivity index (χ4v) is 2.32. The van der Waals surface area contributed by atoms with Crippen LogP contribution in [0.5, 0.6) is 0 Å². The first-order valence-corrected chi connectivity index (χ1v) is 7.00. The molecule has 1 aromatic heterocycles. The van der Waals surface area contributed by atoms with Crippen molar-refractivity contribution in [1.82, 2.24) is 10.3 Å². The second-order valence-corrected chi connectivity index (χ2v) is 5.12. The minimum atomic E-state index is 0.295. The van der Waals surface area contributed by atoms with Crippen molar-refractivity contribution in [2.45, 2.75) is 32.4 Å². The molecule has 19 heavy (non-hydrogen) atoms. The maximum atomic E-state index is 5.93. The number of nitrogens with one attached hydrogen (secondary N) is 1. The third-order valence-electron chi connectivity index (χ3n) is 3.34. The summed E-state index contributed by atoms with van der Waals surface area (Å²) in [4.78, 5) is 4.05. The minimum absolute atomic E-state index is 0.295. The maximum Gasteiger partial charge on any atom is 0.0406 e. The van der Waals surface area contributed by atoms with Crippen molar-refractivity contribution >= 4 is 11.6 Å². The quantitative estimate of drug-likeness (QED) is 0.866. The Bertz CT molecular complexity index is 496. The summed E-state index contributed by atoms with van der Waals surface area (Å²) in [6.07, 6.45) is 4.70. The van der Waals surface area contributed by atoms with E-state index >= 15 is 0 Å². The van der Waals surface area contributed by atoms with Crippen molar-refractivity contribution in [3.8, 4) is 0 Å². The lowest BCUT2D eigenvalue weighted by Crippen LogP contribution is -2.24. The summed E-state index contributed by atoms with van der Waals surface area (Å²) in [6, 6.07) is 12.8. The van der Waals surface area contributed by atoms with E-state index < -0.39 is 0 Å². The highest BCUT2D eigenvalue weighted by Crippen LogP contribution is 2.23. The standard InChI is InChI=1S/C16H19ClN2/c1-3-16(14-4-6-15(17)7-5-14)19-12(2)13-8-10-18-11-9-13/h4-12,16,19H,3H2,1-2H3/t12-,16?/m0/s1. The molecule has 0 aliphatic rings. The molecule has 0 saturated heterocycles. The highest BCUT2D eigenvalue weighted by atomic mass is 35.5. The topological polar surface area (TPSA) is 24.9 Å². The van der Waals surface area contributed by atoms with E-state index in [1.165, 1.54) is 11.1 Å². The fraction of sp³-hybridized carbons (Fsp3) is 0.312. The molecular weight excluding hydrogens is 256 g/mol. The summed E-state index contributed by atoms with van der Waals surface area (Å²) in [5.41, 5.74) is 2.52. The molecule has 0 aliphatic carbocycles.